The molecule has 0 atom stereocenters. The molecule has 0 aromatic heterocycles. The van der Waals surface area contributed by atoms with Crippen LogP contribution < -0.4 is 19.7 Å². The van der Waals surface area contributed by atoms with Crippen molar-refractivity contribution >= 4 is 41.2 Å². The minimum atomic E-state index is -0.870. The van der Waals surface area contributed by atoms with Crippen molar-refractivity contribution in [1.82, 2.24) is 5.32 Å². The van der Waals surface area contributed by atoms with Crippen molar-refractivity contribution < 1.29 is 23.9 Å². The number of ether oxygens (including phenoxy) is 2. The van der Waals surface area contributed by atoms with E-state index in [0.717, 1.165) is 16.0 Å². The molecule has 0 saturated carbocycles. The summed E-state index contributed by atoms with van der Waals surface area (Å²) in [5.41, 5.74) is 2.50. The van der Waals surface area contributed by atoms with E-state index in [2.05, 4.69) is 5.32 Å². The Morgan fingerprint density at radius 3 is 2.44 bits per heavy atom. The summed E-state index contributed by atoms with van der Waals surface area (Å²) in [5.74, 6) is -0.636. The molecule has 3 aromatic carbocycles. The molecule has 0 spiro atoms. The molecule has 0 unspecified atom stereocenters. The molecule has 8 heteroatoms. The number of halogens is 1. The lowest BCUT2D eigenvalue weighted by molar-refractivity contribution is -0.122. The number of carbonyl (C=O) groups excluding carboxylic acids is 3. The van der Waals surface area contributed by atoms with Crippen molar-refractivity contribution in [2.45, 2.75) is 13.5 Å². The predicted octanol–water partition coefficient (Wildman–Crippen LogP) is 4.90. The maximum absolute atomic E-state index is 13.2. The van der Waals surface area contributed by atoms with Crippen LogP contribution in [0.2, 0.25) is 5.02 Å². The van der Waals surface area contributed by atoms with Crippen LogP contribution >= 0.6 is 11.6 Å². The van der Waals surface area contributed by atoms with Gasteiger partial charge in [0.15, 0.2) is 0 Å². The number of barbiturate groups is 1. The number of para-hydroxylation sites is 1. The summed E-state index contributed by atoms with van der Waals surface area (Å²) in [6, 6.07) is 18.4. The van der Waals surface area contributed by atoms with Crippen LogP contribution in [0.3, 0.4) is 0 Å². The number of rotatable bonds is 6. The lowest BCUT2D eigenvalue weighted by Gasteiger charge is -2.27. The van der Waals surface area contributed by atoms with Gasteiger partial charge in [0, 0.05) is 11.6 Å². The Bertz CT molecular complexity index is 1300. The summed E-state index contributed by atoms with van der Waals surface area (Å²) in [5, 5.41) is 2.40. The van der Waals surface area contributed by atoms with Gasteiger partial charge in [0.1, 0.15) is 23.7 Å². The largest absolute Gasteiger partial charge is 0.497 e. The van der Waals surface area contributed by atoms with Crippen molar-refractivity contribution in [3.8, 4) is 11.5 Å². The van der Waals surface area contributed by atoms with Gasteiger partial charge in [0.25, 0.3) is 11.8 Å². The summed E-state index contributed by atoms with van der Waals surface area (Å²) in [6.45, 7) is 2.27. The van der Waals surface area contributed by atoms with Crippen molar-refractivity contribution in [3.05, 3.63) is 94.0 Å². The number of urea groups is 1. The number of anilines is 1. The SMILES string of the molecule is COc1ccc(/C=C2\C(=O)NC(=O)N(c3ccccc3Cl)C2=O)c(OCc2ccc(C)cc2)c1. The Balaban J connectivity index is 1.69. The Morgan fingerprint density at radius 2 is 1.74 bits per heavy atom. The summed E-state index contributed by atoms with van der Waals surface area (Å²) in [4.78, 5) is 39.1. The monoisotopic (exact) mass is 476 g/mol. The van der Waals surface area contributed by atoms with E-state index in [1.165, 1.54) is 19.3 Å². The molecule has 1 aliphatic heterocycles. The topological polar surface area (TPSA) is 84.9 Å². The third kappa shape index (κ3) is 4.79. The highest BCUT2D eigenvalue weighted by molar-refractivity contribution is 6.42. The molecule has 1 heterocycles. The quantitative estimate of drug-likeness (QED) is 0.404. The van der Waals surface area contributed by atoms with Gasteiger partial charge >= 0.3 is 6.03 Å². The molecule has 3 aromatic rings. The molecular weight excluding hydrogens is 456 g/mol. The molecule has 1 fully saturated rings. The normalized spacial score (nSPS) is 14.9. The van der Waals surface area contributed by atoms with Crippen molar-refractivity contribution in [2.75, 3.05) is 12.0 Å². The zero-order valence-electron chi connectivity index (χ0n) is 18.5. The molecule has 172 valence electrons. The van der Waals surface area contributed by atoms with Gasteiger partial charge < -0.3 is 9.47 Å². The van der Waals surface area contributed by atoms with Gasteiger partial charge in [-0.3, -0.25) is 14.9 Å². The minimum Gasteiger partial charge on any atom is -0.497 e. The average Bonchev–Trinajstić information content (AvgIpc) is 2.83. The van der Waals surface area contributed by atoms with Crippen LogP contribution in [0.25, 0.3) is 6.08 Å². The Labute approximate surface area is 201 Å². The van der Waals surface area contributed by atoms with E-state index in [4.69, 9.17) is 21.1 Å². The third-order valence-corrected chi connectivity index (χ3v) is 5.55. The molecule has 34 heavy (non-hydrogen) atoms. The standard InChI is InChI=1S/C26H21ClN2O5/c1-16-7-9-17(10-8-16)15-34-23-14-19(33-2)12-11-18(23)13-20-24(30)28-26(32)29(25(20)31)22-6-4-3-5-21(22)27/h3-14H,15H2,1-2H3,(H,28,30,32)/b20-13+. The molecular formula is C26H21ClN2O5. The first-order valence-corrected chi connectivity index (χ1v) is 10.8. The first-order valence-electron chi connectivity index (χ1n) is 10.4. The Morgan fingerprint density at radius 1 is 1.00 bits per heavy atom. The van der Waals surface area contributed by atoms with Crippen LogP contribution in [-0.4, -0.2) is 25.0 Å². The molecule has 1 saturated heterocycles. The van der Waals surface area contributed by atoms with E-state index in [1.54, 1.807) is 36.4 Å². The summed E-state index contributed by atoms with van der Waals surface area (Å²) in [6.07, 6.45) is 1.39. The number of imide groups is 2. The van der Waals surface area contributed by atoms with E-state index in [-0.39, 0.29) is 22.9 Å². The fraction of sp³-hybridized carbons (Fsp3) is 0.115. The zero-order valence-corrected chi connectivity index (χ0v) is 19.3. The van der Waals surface area contributed by atoms with Crippen molar-refractivity contribution in [3.63, 3.8) is 0 Å². The number of methoxy groups -OCH3 is 1. The van der Waals surface area contributed by atoms with Crippen LogP contribution in [0.15, 0.2) is 72.3 Å². The van der Waals surface area contributed by atoms with Crippen LogP contribution in [0, 0.1) is 6.92 Å². The number of hydrogen-bond donors (Lipinski definition) is 1. The number of aryl methyl sites for hydroxylation is 1. The zero-order chi connectivity index (χ0) is 24.2. The Hall–Kier alpha value is -4.10. The summed E-state index contributed by atoms with van der Waals surface area (Å²) in [7, 11) is 1.53. The summed E-state index contributed by atoms with van der Waals surface area (Å²) < 4.78 is 11.3. The van der Waals surface area contributed by atoms with Crippen LogP contribution in [0.4, 0.5) is 10.5 Å². The maximum atomic E-state index is 13.2. The number of carbonyl (C=O) groups is 3. The molecule has 0 aliphatic carbocycles. The van der Waals surface area contributed by atoms with E-state index in [9.17, 15) is 14.4 Å². The highest BCUT2D eigenvalue weighted by Crippen LogP contribution is 2.31. The number of nitrogens with one attached hydrogen (secondary N) is 1. The van der Waals surface area contributed by atoms with Crippen molar-refractivity contribution in [1.29, 1.82) is 0 Å². The molecule has 4 amide bonds. The number of hydrogen-bond acceptors (Lipinski definition) is 5. The second kappa shape index (κ2) is 9.80. The van der Waals surface area contributed by atoms with Gasteiger partial charge in [0.2, 0.25) is 0 Å². The van der Waals surface area contributed by atoms with Gasteiger partial charge in [-0.25, -0.2) is 9.69 Å². The smallest absolute Gasteiger partial charge is 0.335 e. The molecule has 1 N–H and O–H groups in total. The average molecular weight is 477 g/mol. The van der Waals surface area contributed by atoms with Crippen LogP contribution in [0.1, 0.15) is 16.7 Å². The first-order chi connectivity index (χ1) is 16.4. The second-order valence-corrected chi connectivity index (χ2v) is 7.99. The van der Waals surface area contributed by atoms with Crippen molar-refractivity contribution in [2.24, 2.45) is 0 Å². The van der Waals surface area contributed by atoms with E-state index < -0.39 is 17.8 Å². The third-order valence-electron chi connectivity index (χ3n) is 5.23. The predicted molar refractivity (Wildman–Crippen MR) is 129 cm³/mol. The van der Waals surface area contributed by atoms with E-state index in [0.29, 0.717) is 17.1 Å². The second-order valence-electron chi connectivity index (χ2n) is 7.59. The van der Waals surface area contributed by atoms with E-state index in [1.807, 2.05) is 31.2 Å². The van der Waals surface area contributed by atoms with Gasteiger partial charge in [0.05, 0.1) is 17.8 Å². The number of amides is 4. The van der Waals surface area contributed by atoms with Gasteiger partial charge in [-0.15, -0.1) is 0 Å². The fourth-order valence-corrected chi connectivity index (χ4v) is 3.62. The highest BCUT2D eigenvalue weighted by atomic mass is 35.5. The highest BCUT2D eigenvalue weighted by Gasteiger charge is 2.37. The summed E-state index contributed by atoms with van der Waals surface area (Å²) >= 11 is 6.19. The fourth-order valence-electron chi connectivity index (χ4n) is 3.40. The molecule has 1 aliphatic rings. The minimum absolute atomic E-state index is 0.177. The molecule has 4 rings (SSSR count). The first kappa shape index (κ1) is 23.1. The van der Waals surface area contributed by atoms with Gasteiger partial charge in [-0.1, -0.05) is 53.6 Å². The van der Waals surface area contributed by atoms with Crippen LogP contribution in [-0.2, 0) is 16.2 Å². The maximum Gasteiger partial charge on any atom is 0.335 e. The number of nitrogens with zero attached hydrogens (tertiary/aromatic N) is 1. The number of benzene rings is 3. The molecule has 0 bridgehead atoms. The van der Waals surface area contributed by atoms with Gasteiger partial charge in [-0.05, 0) is 42.8 Å². The molecule has 0 radical (unpaired) electrons. The van der Waals surface area contributed by atoms with E-state index >= 15 is 0 Å². The Kier molecular flexibility index (Phi) is 6.65. The van der Waals surface area contributed by atoms with Crippen LogP contribution in [0.5, 0.6) is 11.5 Å². The lowest BCUT2D eigenvalue weighted by Crippen LogP contribution is -2.54. The van der Waals surface area contributed by atoms with Gasteiger partial charge in [-0.2, -0.15) is 0 Å². The molecule has 7 nitrogen and oxygen atoms in total. The lowest BCUT2D eigenvalue weighted by atomic mass is 10.1.